The SMILES string of the molecule is CC(C)(C)[Si](C)(C)Oc1cc(Cc2ccccc2)cc2ccccc12. The van der Waals surface area contributed by atoms with Crippen LogP contribution in [0.2, 0.25) is 18.1 Å². The van der Waals surface area contributed by atoms with E-state index in [1.165, 1.54) is 21.9 Å². The van der Waals surface area contributed by atoms with E-state index < -0.39 is 8.32 Å². The Morgan fingerprint density at radius 2 is 1.44 bits per heavy atom. The van der Waals surface area contributed by atoms with Gasteiger partial charge in [-0.15, -0.1) is 0 Å². The van der Waals surface area contributed by atoms with E-state index in [0.717, 1.165) is 12.2 Å². The third kappa shape index (κ3) is 3.96. The molecule has 0 aliphatic carbocycles. The van der Waals surface area contributed by atoms with E-state index >= 15 is 0 Å². The predicted molar refractivity (Wildman–Crippen MR) is 111 cm³/mol. The van der Waals surface area contributed by atoms with E-state index in [1.54, 1.807) is 0 Å². The minimum atomic E-state index is -1.88. The lowest BCUT2D eigenvalue weighted by Gasteiger charge is -2.37. The highest BCUT2D eigenvalue weighted by molar-refractivity contribution is 6.74. The molecule has 0 amide bonds. The zero-order valence-electron chi connectivity index (χ0n) is 16.0. The molecule has 1 nitrogen and oxygen atoms in total. The smallest absolute Gasteiger partial charge is 0.250 e. The van der Waals surface area contributed by atoms with Crippen LogP contribution in [0.4, 0.5) is 0 Å². The van der Waals surface area contributed by atoms with Crippen LogP contribution in [0.3, 0.4) is 0 Å². The van der Waals surface area contributed by atoms with Crippen molar-refractivity contribution >= 4 is 19.1 Å². The van der Waals surface area contributed by atoms with E-state index in [9.17, 15) is 0 Å². The molecule has 0 unspecified atom stereocenters. The van der Waals surface area contributed by atoms with Crippen molar-refractivity contribution in [2.45, 2.75) is 45.3 Å². The minimum absolute atomic E-state index is 0.184. The van der Waals surface area contributed by atoms with Gasteiger partial charge >= 0.3 is 0 Å². The fourth-order valence-electron chi connectivity index (χ4n) is 2.78. The molecule has 0 radical (unpaired) electrons. The average Bonchev–Trinajstić information content (AvgIpc) is 2.54. The third-order valence-corrected chi connectivity index (χ3v) is 9.65. The first-order valence-corrected chi connectivity index (χ1v) is 11.9. The molecule has 2 heteroatoms. The summed E-state index contributed by atoms with van der Waals surface area (Å²) in [5.74, 6) is 1.04. The highest BCUT2D eigenvalue weighted by atomic mass is 28.4. The van der Waals surface area contributed by atoms with Gasteiger partial charge < -0.3 is 4.43 Å². The molecule has 0 fully saturated rings. The Labute approximate surface area is 152 Å². The van der Waals surface area contributed by atoms with Crippen molar-refractivity contribution in [1.29, 1.82) is 0 Å². The van der Waals surface area contributed by atoms with Crippen LogP contribution < -0.4 is 4.43 Å². The monoisotopic (exact) mass is 348 g/mol. The molecule has 0 aromatic heterocycles. The van der Waals surface area contributed by atoms with Gasteiger partial charge in [-0.3, -0.25) is 0 Å². The normalized spacial score (nSPS) is 12.4. The Morgan fingerprint density at radius 1 is 0.800 bits per heavy atom. The van der Waals surface area contributed by atoms with E-state index in [1.807, 2.05) is 0 Å². The topological polar surface area (TPSA) is 9.23 Å². The first-order chi connectivity index (χ1) is 11.8. The number of benzene rings is 3. The maximum atomic E-state index is 6.70. The summed E-state index contributed by atoms with van der Waals surface area (Å²) in [6.07, 6.45) is 0.930. The van der Waals surface area contributed by atoms with Crippen LogP contribution in [0, 0.1) is 0 Å². The summed E-state index contributed by atoms with van der Waals surface area (Å²) in [6, 6.07) is 23.7. The van der Waals surface area contributed by atoms with Crippen molar-refractivity contribution in [3.05, 3.63) is 77.9 Å². The quantitative estimate of drug-likeness (QED) is 0.470. The predicted octanol–water partition coefficient (Wildman–Crippen LogP) is 6.81. The second-order valence-electron chi connectivity index (χ2n) is 8.34. The fourth-order valence-corrected chi connectivity index (χ4v) is 3.81. The Morgan fingerprint density at radius 3 is 2.12 bits per heavy atom. The molecule has 0 atom stereocenters. The van der Waals surface area contributed by atoms with Crippen molar-refractivity contribution in [1.82, 2.24) is 0 Å². The maximum absolute atomic E-state index is 6.70. The van der Waals surface area contributed by atoms with Crippen LogP contribution in [-0.2, 0) is 6.42 Å². The van der Waals surface area contributed by atoms with Crippen molar-refractivity contribution in [3.63, 3.8) is 0 Å². The van der Waals surface area contributed by atoms with Gasteiger partial charge in [-0.25, -0.2) is 0 Å². The zero-order valence-corrected chi connectivity index (χ0v) is 17.0. The number of fused-ring (bicyclic) bond motifs is 1. The van der Waals surface area contributed by atoms with Gasteiger partial charge in [0.05, 0.1) is 0 Å². The van der Waals surface area contributed by atoms with E-state index in [0.29, 0.717) is 0 Å². The molecule has 3 aromatic carbocycles. The Kier molecular flexibility index (Phi) is 4.74. The van der Waals surface area contributed by atoms with Gasteiger partial charge in [-0.2, -0.15) is 0 Å². The molecule has 0 spiro atoms. The van der Waals surface area contributed by atoms with Gasteiger partial charge in [0.25, 0.3) is 8.32 Å². The lowest BCUT2D eigenvalue weighted by molar-refractivity contribution is 0.496. The second-order valence-corrected chi connectivity index (χ2v) is 13.1. The summed E-state index contributed by atoms with van der Waals surface area (Å²) in [6.45, 7) is 11.5. The second kappa shape index (κ2) is 6.68. The highest BCUT2D eigenvalue weighted by Gasteiger charge is 2.39. The summed E-state index contributed by atoms with van der Waals surface area (Å²) in [4.78, 5) is 0. The maximum Gasteiger partial charge on any atom is 0.250 e. The molecular formula is C23H28OSi. The lowest BCUT2D eigenvalue weighted by Crippen LogP contribution is -2.43. The standard InChI is InChI=1S/C23H28OSi/c1-23(2,3)25(4,5)24-22-17-19(15-18-11-7-6-8-12-18)16-20-13-9-10-14-21(20)22/h6-14,16-17H,15H2,1-5H3. The van der Waals surface area contributed by atoms with Gasteiger partial charge in [0.15, 0.2) is 0 Å². The zero-order chi connectivity index (χ0) is 18.1. The summed E-state index contributed by atoms with van der Waals surface area (Å²) in [5.41, 5.74) is 2.63. The Hall–Kier alpha value is -2.06. The van der Waals surface area contributed by atoms with Gasteiger partial charge in [0.2, 0.25) is 0 Å². The van der Waals surface area contributed by atoms with E-state index in [4.69, 9.17) is 4.43 Å². The van der Waals surface area contributed by atoms with Crippen LogP contribution in [0.5, 0.6) is 5.75 Å². The van der Waals surface area contributed by atoms with Crippen LogP contribution in [0.25, 0.3) is 10.8 Å². The van der Waals surface area contributed by atoms with E-state index in [2.05, 4.69) is 101 Å². The molecule has 0 N–H and O–H groups in total. The van der Waals surface area contributed by atoms with Crippen molar-refractivity contribution < 1.29 is 4.43 Å². The average molecular weight is 349 g/mol. The fraction of sp³-hybridized carbons (Fsp3) is 0.304. The Balaban J connectivity index is 2.04. The van der Waals surface area contributed by atoms with Gasteiger partial charge in [-0.05, 0) is 47.1 Å². The first-order valence-electron chi connectivity index (χ1n) is 9.01. The van der Waals surface area contributed by atoms with Gasteiger partial charge in [0.1, 0.15) is 5.75 Å². The number of hydrogen-bond donors (Lipinski definition) is 0. The molecule has 0 aliphatic heterocycles. The molecule has 0 bridgehead atoms. The lowest BCUT2D eigenvalue weighted by atomic mass is 10.0. The minimum Gasteiger partial charge on any atom is -0.543 e. The third-order valence-electron chi connectivity index (χ3n) is 5.31. The van der Waals surface area contributed by atoms with Crippen LogP contribution in [0.15, 0.2) is 66.7 Å². The Bertz CT molecular complexity index is 860. The van der Waals surface area contributed by atoms with Gasteiger partial charge in [-0.1, -0.05) is 81.4 Å². The van der Waals surface area contributed by atoms with Gasteiger partial charge in [0, 0.05) is 5.39 Å². The van der Waals surface area contributed by atoms with E-state index in [-0.39, 0.29) is 5.04 Å². The molecule has 0 aliphatic rings. The molecule has 0 heterocycles. The molecule has 130 valence electrons. The molecule has 25 heavy (non-hydrogen) atoms. The number of hydrogen-bond acceptors (Lipinski definition) is 1. The summed E-state index contributed by atoms with van der Waals surface area (Å²) < 4.78 is 6.70. The first kappa shape index (κ1) is 17.8. The summed E-state index contributed by atoms with van der Waals surface area (Å²) >= 11 is 0. The molecule has 3 aromatic rings. The highest BCUT2D eigenvalue weighted by Crippen LogP contribution is 2.39. The largest absolute Gasteiger partial charge is 0.543 e. The molecular weight excluding hydrogens is 320 g/mol. The van der Waals surface area contributed by atoms with Crippen LogP contribution >= 0.6 is 0 Å². The van der Waals surface area contributed by atoms with Crippen LogP contribution in [-0.4, -0.2) is 8.32 Å². The summed E-state index contributed by atoms with van der Waals surface area (Å²) in [7, 11) is -1.88. The number of rotatable bonds is 4. The summed E-state index contributed by atoms with van der Waals surface area (Å²) in [5, 5.41) is 2.65. The van der Waals surface area contributed by atoms with Crippen molar-refractivity contribution in [2.75, 3.05) is 0 Å². The molecule has 3 rings (SSSR count). The molecule has 0 saturated carbocycles. The van der Waals surface area contributed by atoms with Crippen molar-refractivity contribution in [3.8, 4) is 5.75 Å². The molecule has 0 saturated heterocycles. The van der Waals surface area contributed by atoms with Crippen molar-refractivity contribution in [2.24, 2.45) is 0 Å². The van der Waals surface area contributed by atoms with Crippen LogP contribution in [0.1, 0.15) is 31.9 Å².